The maximum absolute atomic E-state index is 6.33. The number of nitrogens with one attached hydrogen (secondary N) is 1. The zero-order valence-electron chi connectivity index (χ0n) is 12.8. The minimum absolute atomic E-state index is 0.307. The first-order valence-electron chi connectivity index (χ1n) is 7.38. The largest absolute Gasteiger partial charge is 0.345 e. The second kappa shape index (κ2) is 6.45. The summed E-state index contributed by atoms with van der Waals surface area (Å²) in [6, 6.07) is 19.6. The zero-order valence-corrected chi connectivity index (χ0v) is 13.6. The van der Waals surface area contributed by atoms with Crippen molar-refractivity contribution >= 4 is 23.0 Å². The van der Waals surface area contributed by atoms with Crippen molar-refractivity contribution in [1.29, 1.82) is 0 Å². The van der Waals surface area contributed by atoms with Gasteiger partial charge in [0, 0.05) is 17.7 Å². The summed E-state index contributed by atoms with van der Waals surface area (Å²) in [5.74, 6) is 6.33. The van der Waals surface area contributed by atoms with Gasteiger partial charge in [-0.1, -0.05) is 60.7 Å². The maximum Gasteiger partial charge on any atom is 0.228 e. The summed E-state index contributed by atoms with van der Waals surface area (Å²) >= 11 is 5.30. The molecule has 3 rings (SSSR count). The molecule has 6 heteroatoms. The molecule has 0 saturated carbocycles. The number of rotatable bonds is 4. The third-order valence-electron chi connectivity index (χ3n) is 3.71. The Bertz CT molecular complexity index is 720. The highest BCUT2D eigenvalue weighted by atomic mass is 32.1. The van der Waals surface area contributed by atoms with E-state index in [1.165, 1.54) is 5.01 Å². The summed E-state index contributed by atoms with van der Waals surface area (Å²) in [7, 11) is 0. The molecule has 0 spiro atoms. The van der Waals surface area contributed by atoms with Gasteiger partial charge in [-0.25, -0.2) is 10.9 Å². The van der Waals surface area contributed by atoms with Crippen molar-refractivity contribution in [2.24, 2.45) is 10.9 Å². The van der Waals surface area contributed by atoms with E-state index in [-0.39, 0.29) is 0 Å². The smallest absolute Gasteiger partial charge is 0.228 e. The Hall–Kier alpha value is -2.28. The molecule has 3 N–H and O–H groups in total. The van der Waals surface area contributed by atoms with Crippen LogP contribution in [0.4, 0.5) is 0 Å². The molecule has 0 fully saturated rings. The van der Waals surface area contributed by atoms with Crippen molar-refractivity contribution in [3.8, 4) is 0 Å². The van der Waals surface area contributed by atoms with E-state index in [4.69, 9.17) is 22.8 Å². The summed E-state index contributed by atoms with van der Waals surface area (Å²) < 4.78 is 6.15. The van der Waals surface area contributed by atoms with Gasteiger partial charge in [-0.2, -0.15) is 5.10 Å². The van der Waals surface area contributed by atoms with Gasteiger partial charge in [-0.3, -0.25) is 5.43 Å². The molecule has 1 aliphatic rings. The SMILES string of the molecule is CCOC1(c2ccccc2)C(c2ccccc2)=NNC(=S)N1N. The van der Waals surface area contributed by atoms with Crippen LogP contribution in [0.2, 0.25) is 0 Å². The predicted molar refractivity (Wildman–Crippen MR) is 94.5 cm³/mol. The fourth-order valence-corrected chi connectivity index (χ4v) is 2.89. The van der Waals surface area contributed by atoms with Crippen LogP contribution in [0, 0.1) is 0 Å². The van der Waals surface area contributed by atoms with Crippen LogP contribution in [0.5, 0.6) is 0 Å². The molecule has 0 radical (unpaired) electrons. The van der Waals surface area contributed by atoms with Gasteiger partial charge < -0.3 is 4.74 Å². The Kier molecular flexibility index (Phi) is 4.38. The van der Waals surface area contributed by atoms with E-state index in [1.807, 2.05) is 67.6 Å². The summed E-state index contributed by atoms with van der Waals surface area (Å²) in [5, 5.41) is 6.19. The number of hydrogen-bond donors (Lipinski definition) is 2. The number of ether oxygens (including phenoxy) is 1. The standard InChI is InChI=1S/C17H18N4OS/c1-2-22-17(14-11-7-4-8-12-14)15(13-9-5-3-6-10-13)19-20-16(23)21(17)18/h3-12H,2,18H2,1H3,(H,20,23). The van der Waals surface area contributed by atoms with E-state index in [9.17, 15) is 0 Å². The topological polar surface area (TPSA) is 62.9 Å². The zero-order chi connectivity index (χ0) is 16.3. The lowest BCUT2D eigenvalue weighted by molar-refractivity contribution is -0.0796. The summed E-state index contributed by atoms with van der Waals surface area (Å²) in [5.41, 5.74) is 4.19. The quantitative estimate of drug-likeness (QED) is 0.667. The summed E-state index contributed by atoms with van der Waals surface area (Å²) in [6.07, 6.45) is 0. The fraction of sp³-hybridized carbons (Fsp3) is 0.176. The highest BCUT2D eigenvalue weighted by Gasteiger charge is 2.48. The van der Waals surface area contributed by atoms with Gasteiger partial charge in [-0.15, -0.1) is 0 Å². The van der Waals surface area contributed by atoms with E-state index in [2.05, 4.69) is 10.5 Å². The van der Waals surface area contributed by atoms with E-state index in [0.29, 0.717) is 17.4 Å². The molecule has 2 aromatic carbocycles. The van der Waals surface area contributed by atoms with Crippen molar-refractivity contribution in [3.05, 3.63) is 71.8 Å². The van der Waals surface area contributed by atoms with E-state index >= 15 is 0 Å². The molecular weight excluding hydrogens is 308 g/mol. The molecule has 1 aliphatic heterocycles. The van der Waals surface area contributed by atoms with Gasteiger partial charge in [0.05, 0.1) is 0 Å². The molecule has 23 heavy (non-hydrogen) atoms. The van der Waals surface area contributed by atoms with Crippen LogP contribution < -0.4 is 11.3 Å². The molecule has 1 unspecified atom stereocenters. The molecule has 0 amide bonds. The Labute approximate surface area is 140 Å². The number of benzene rings is 2. The fourth-order valence-electron chi connectivity index (χ4n) is 2.72. The summed E-state index contributed by atoms with van der Waals surface area (Å²) in [6.45, 7) is 2.38. The number of nitrogens with zero attached hydrogens (tertiary/aromatic N) is 2. The molecule has 0 saturated heterocycles. The Balaban J connectivity index is 2.24. The van der Waals surface area contributed by atoms with Gasteiger partial charge in [0.2, 0.25) is 10.8 Å². The van der Waals surface area contributed by atoms with Crippen molar-refractivity contribution in [2.75, 3.05) is 6.61 Å². The van der Waals surface area contributed by atoms with E-state index in [0.717, 1.165) is 11.1 Å². The molecule has 5 nitrogen and oxygen atoms in total. The minimum atomic E-state index is -1.07. The van der Waals surface area contributed by atoms with Crippen molar-refractivity contribution in [2.45, 2.75) is 12.6 Å². The van der Waals surface area contributed by atoms with Gasteiger partial charge in [0.25, 0.3) is 0 Å². The van der Waals surface area contributed by atoms with Crippen molar-refractivity contribution < 1.29 is 4.74 Å². The second-order valence-electron chi connectivity index (χ2n) is 5.06. The third kappa shape index (κ3) is 2.61. The van der Waals surface area contributed by atoms with Crippen LogP contribution in [0.3, 0.4) is 0 Å². The molecule has 0 aromatic heterocycles. The first-order valence-corrected chi connectivity index (χ1v) is 7.79. The molecule has 0 bridgehead atoms. The monoisotopic (exact) mass is 326 g/mol. The highest BCUT2D eigenvalue weighted by Crippen LogP contribution is 2.34. The number of hydrogen-bond acceptors (Lipinski definition) is 4. The lowest BCUT2D eigenvalue weighted by Crippen LogP contribution is -2.65. The van der Waals surface area contributed by atoms with Crippen molar-refractivity contribution in [1.82, 2.24) is 10.4 Å². The van der Waals surface area contributed by atoms with Crippen LogP contribution in [0.15, 0.2) is 65.8 Å². The van der Waals surface area contributed by atoms with Gasteiger partial charge in [0.15, 0.2) is 0 Å². The third-order valence-corrected chi connectivity index (χ3v) is 4.00. The molecule has 0 aliphatic carbocycles. The Morgan fingerprint density at radius 3 is 2.35 bits per heavy atom. The highest BCUT2D eigenvalue weighted by molar-refractivity contribution is 7.80. The summed E-state index contributed by atoms with van der Waals surface area (Å²) in [4.78, 5) is 0. The lowest BCUT2D eigenvalue weighted by Gasteiger charge is -2.44. The van der Waals surface area contributed by atoms with Crippen LogP contribution in [-0.4, -0.2) is 22.4 Å². The van der Waals surface area contributed by atoms with Crippen LogP contribution >= 0.6 is 12.2 Å². The Morgan fingerprint density at radius 2 is 1.74 bits per heavy atom. The lowest BCUT2D eigenvalue weighted by atomic mass is 9.91. The first kappa shape index (κ1) is 15.6. The van der Waals surface area contributed by atoms with Crippen LogP contribution in [0.25, 0.3) is 0 Å². The van der Waals surface area contributed by atoms with E-state index in [1.54, 1.807) is 0 Å². The average molecular weight is 326 g/mol. The molecular formula is C17H18N4OS. The molecule has 1 atom stereocenters. The van der Waals surface area contributed by atoms with Gasteiger partial charge in [-0.05, 0) is 19.1 Å². The van der Waals surface area contributed by atoms with Crippen molar-refractivity contribution in [3.63, 3.8) is 0 Å². The number of thiocarbonyl (C=S) groups is 1. The van der Waals surface area contributed by atoms with E-state index < -0.39 is 5.72 Å². The minimum Gasteiger partial charge on any atom is -0.345 e. The molecule has 1 heterocycles. The number of hydrazone groups is 1. The van der Waals surface area contributed by atoms with Gasteiger partial charge in [0.1, 0.15) is 5.71 Å². The number of nitrogens with two attached hydrogens (primary N) is 1. The molecule has 2 aromatic rings. The molecule has 118 valence electrons. The van der Waals surface area contributed by atoms with Crippen LogP contribution in [-0.2, 0) is 10.5 Å². The van der Waals surface area contributed by atoms with Gasteiger partial charge >= 0.3 is 0 Å². The maximum atomic E-state index is 6.33. The average Bonchev–Trinajstić information content (AvgIpc) is 2.61. The first-order chi connectivity index (χ1) is 11.2. The predicted octanol–water partition coefficient (Wildman–Crippen LogP) is 2.34. The second-order valence-corrected chi connectivity index (χ2v) is 5.44. The van der Waals surface area contributed by atoms with Crippen LogP contribution in [0.1, 0.15) is 18.1 Å². The normalized spacial score (nSPS) is 20.9. The Morgan fingerprint density at radius 1 is 1.13 bits per heavy atom. The number of hydrazine groups is 1.